The molecule has 0 amide bonds. The van der Waals surface area contributed by atoms with Gasteiger partial charge in [0, 0.05) is 0 Å². The number of hydrogen-bond donors (Lipinski definition) is 2. The quantitative estimate of drug-likeness (QED) is 0.536. The summed E-state index contributed by atoms with van der Waals surface area (Å²) < 4.78 is 16.0. The van der Waals surface area contributed by atoms with Crippen LogP contribution >= 0.6 is 0 Å². The van der Waals surface area contributed by atoms with Crippen molar-refractivity contribution in [2.24, 2.45) is 5.73 Å². The lowest BCUT2D eigenvalue weighted by Crippen LogP contribution is -2.53. The first-order valence-corrected chi connectivity index (χ1v) is 4.51. The Morgan fingerprint density at radius 2 is 2.23 bits per heavy atom. The molecule has 0 radical (unpaired) electrons. The minimum absolute atomic E-state index is 0.00107. The molecule has 3 N–H and O–H groups in total. The number of rotatable bonds is 2. The zero-order chi connectivity index (χ0) is 9.42. The van der Waals surface area contributed by atoms with Gasteiger partial charge in [0.25, 0.3) is 0 Å². The van der Waals surface area contributed by atoms with Gasteiger partial charge in [0.15, 0.2) is 6.29 Å². The van der Waals surface area contributed by atoms with Gasteiger partial charge in [0.1, 0.15) is 12.2 Å². The number of ether oxygens (including phenoxy) is 3. The molecular weight excluding hydrogens is 174 g/mol. The average molecular weight is 189 g/mol. The normalized spacial score (nSPS) is 46.4. The maximum atomic E-state index is 9.04. The maximum Gasteiger partial charge on any atom is 0.152 e. The van der Waals surface area contributed by atoms with Crippen LogP contribution in [0.1, 0.15) is 6.92 Å². The van der Waals surface area contributed by atoms with Crippen LogP contribution in [0.3, 0.4) is 0 Å². The third-order valence-corrected chi connectivity index (χ3v) is 2.47. The predicted molar refractivity (Wildman–Crippen MR) is 44.0 cm³/mol. The monoisotopic (exact) mass is 189 g/mol. The van der Waals surface area contributed by atoms with E-state index < -0.39 is 6.29 Å². The Kier molecular flexibility index (Phi) is 2.53. The molecular formula is C8H15NO4. The van der Waals surface area contributed by atoms with Crippen LogP contribution < -0.4 is 5.73 Å². The molecule has 4 unspecified atom stereocenters. The van der Waals surface area contributed by atoms with Gasteiger partial charge >= 0.3 is 0 Å². The molecule has 0 aromatic carbocycles. The molecule has 13 heavy (non-hydrogen) atoms. The van der Waals surface area contributed by atoms with Gasteiger partial charge in [-0.2, -0.15) is 0 Å². The molecule has 2 heterocycles. The van der Waals surface area contributed by atoms with Crippen LogP contribution in [0.15, 0.2) is 0 Å². The Balaban J connectivity index is 1.98. The highest BCUT2D eigenvalue weighted by molar-refractivity contribution is 4.96. The van der Waals surface area contributed by atoms with Crippen molar-refractivity contribution in [1.82, 2.24) is 0 Å². The summed E-state index contributed by atoms with van der Waals surface area (Å²) in [6, 6.07) is -0.127. The summed E-state index contributed by atoms with van der Waals surface area (Å²) in [7, 11) is 0. The maximum absolute atomic E-state index is 9.04. The van der Waals surface area contributed by atoms with E-state index in [1.54, 1.807) is 6.92 Å². The lowest BCUT2D eigenvalue weighted by molar-refractivity contribution is -0.183. The number of fused-ring (bicyclic) bond motifs is 2. The molecule has 0 aliphatic carbocycles. The molecule has 76 valence electrons. The van der Waals surface area contributed by atoms with Crippen LogP contribution in [0.2, 0.25) is 0 Å². The zero-order valence-corrected chi connectivity index (χ0v) is 7.55. The van der Waals surface area contributed by atoms with E-state index >= 15 is 0 Å². The highest BCUT2D eigenvalue weighted by Gasteiger charge is 2.45. The molecule has 2 saturated heterocycles. The molecule has 2 aliphatic rings. The summed E-state index contributed by atoms with van der Waals surface area (Å²) in [5.41, 5.74) is 5.84. The molecule has 2 fully saturated rings. The second-order valence-electron chi connectivity index (χ2n) is 3.52. The molecule has 0 aromatic rings. The van der Waals surface area contributed by atoms with E-state index in [1.807, 2.05) is 0 Å². The van der Waals surface area contributed by atoms with E-state index in [1.165, 1.54) is 0 Å². The fourth-order valence-electron chi connectivity index (χ4n) is 1.84. The Morgan fingerprint density at radius 3 is 2.92 bits per heavy atom. The second kappa shape index (κ2) is 3.51. The van der Waals surface area contributed by atoms with E-state index in [9.17, 15) is 0 Å². The molecule has 0 saturated carbocycles. The van der Waals surface area contributed by atoms with Gasteiger partial charge in [-0.1, -0.05) is 0 Å². The summed E-state index contributed by atoms with van der Waals surface area (Å²) in [6.07, 6.45) is -1.18. The largest absolute Gasteiger partial charge is 0.371 e. The fourth-order valence-corrected chi connectivity index (χ4v) is 1.84. The van der Waals surface area contributed by atoms with Crippen LogP contribution in [0.4, 0.5) is 0 Å². The Hall–Kier alpha value is -0.200. The molecule has 5 atom stereocenters. The molecule has 5 nitrogen and oxygen atoms in total. The summed E-state index contributed by atoms with van der Waals surface area (Å²) in [5, 5.41) is 9.04. The zero-order valence-electron chi connectivity index (χ0n) is 7.55. The Labute approximate surface area is 76.8 Å². The molecule has 2 bridgehead atoms. The molecule has 0 aromatic heterocycles. The fraction of sp³-hybridized carbons (Fsp3) is 1.00. The van der Waals surface area contributed by atoms with E-state index in [-0.39, 0.29) is 24.4 Å². The third-order valence-electron chi connectivity index (χ3n) is 2.47. The standard InChI is InChI=1S/C8H15NO4/c1-4(10)13-6-3-11-5-2-12-8(6)7(5)9/h4-8,10H,2-3,9H2,1H3/t4?,5?,6?,7?,8-/m1/s1. The topological polar surface area (TPSA) is 73.9 Å². The summed E-state index contributed by atoms with van der Waals surface area (Å²) in [6.45, 7) is 2.55. The van der Waals surface area contributed by atoms with Crippen LogP contribution in [-0.4, -0.2) is 49.0 Å². The first-order valence-electron chi connectivity index (χ1n) is 4.51. The number of aliphatic hydroxyl groups excluding tert-OH is 1. The first-order chi connectivity index (χ1) is 6.18. The van der Waals surface area contributed by atoms with E-state index in [4.69, 9.17) is 25.1 Å². The Bertz CT molecular complexity index is 187. The van der Waals surface area contributed by atoms with Gasteiger partial charge in [-0.3, -0.25) is 0 Å². The minimum atomic E-state index is -0.804. The van der Waals surface area contributed by atoms with Gasteiger partial charge in [-0.05, 0) is 6.92 Å². The number of hydrogen-bond acceptors (Lipinski definition) is 5. The summed E-state index contributed by atoms with van der Waals surface area (Å²) in [5.74, 6) is 0. The number of aliphatic hydroxyl groups is 1. The summed E-state index contributed by atoms with van der Waals surface area (Å²) >= 11 is 0. The van der Waals surface area contributed by atoms with Crippen molar-refractivity contribution in [3.8, 4) is 0 Å². The molecule has 2 rings (SSSR count). The first kappa shape index (κ1) is 9.36. The van der Waals surface area contributed by atoms with E-state index in [0.29, 0.717) is 13.2 Å². The van der Waals surface area contributed by atoms with Gasteiger partial charge in [-0.25, -0.2) is 0 Å². The van der Waals surface area contributed by atoms with Crippen molar-refractivity contribution in [3.05, 3.63) is 0 Å². The van der Waals surface area contributed by atoms with Crippen molar-refractivity contribution >= 4 is 0 Å². The third kappa shape index (κ3) is 1.70. The Morgan fingerprint density at radius 1 is 1.46 bits per heavy atom. The molecule has 2 aliphatic heterocycles. The minimum Gasteiger partial charge on any atom is -0.371 e. The second-order valence-corrected chi connectivity index (χ2v) is 3.52. The van der Waals surface area contributed by atoms with Gasteiger partial charge in [-0.15, -0.1) is 0 Å². The van der Waals surface area contributed by atoms with Gasteiger partial charge in [0.2, 0.25) is 0 Å². The smallest absolute Gasteiger partial charge is 0.152 e. The lowest BCUT2D eigenvalue weighted by Gasteiger charge is -2.32. The van der Waals surface area contributed by atoms with Crippen LogP contribution in [0, 0.1) is 0 Å². The predicted octanol–water partition coefficient (Wildman–Crippen LogP) is -1.17. The van der Waals surface area contributed by atoms with Gasteiger partial charge < -0.3 is 25.1 Å². The van der Waals surface area contributed by atoms with Crippen molar-refractivity contribution in [2.75, 3.05) is 13.2 Å². The van der Waals surface area contributed by atoms with Crippen molar-refractivity contribution in [3.63, 3.8) is 0 Å². The molecule has 0 spiro atoms. The summed E-state index contributed by atoms with van der Waals surface area (Å²) in [4.78, 5) is 0. The van der Waals surface area contributed by atoms with Crippen molar-refractivity contribution in [1.29, 1.82) is 0 Å². The van der Waals surface area contributed by atoms with Gasteiger partial charge in [0.05, 0.1) is 25.4 Å². The van der Waals surface area contributed by atoms with E-state index in [0.717, 1.165) is 0 Å². The number of nitrogens with two attached hydrogens (primary N) is 1. The SMILES string of the molecule is CC(O)OC1COC2CO[C@H]1C2N. The van der Waals surface area contributed by atoms with Crippen LogP contribution in [0.5, 0.6) is 0 Å². The van der Waals surface area contributed by atoms with Crippen molar-refractivity contribution < 1.29 is 19.3 Å². The van der Waals surface area contributed by atoms with Crippen LogP contribution in [0.25, 0.3) is 0 Å². The highest BCUT2D eigenvalue weighted by atomic mass is 16.7. The van der Waals surface area contributed by atoms with Crippen molar-refractivity contribution in [2.45, 2.75) is 37.6 Å². The van der Waals surface area contributed by atoms with E-state index in [2.05, 4.69) is 0 Å². The van der Waals surface area contributed by atoms with Crippen LogP contribution in [-0.2, 0) is 14.2 Å². The lowest BCUT2D eigenvalue weighted by atomic mass is 10.0. The highest BCUT2D eigenvalue weighted by Crippen LogP contribution is 2.26. The average Bonchev–Trinajstić information content (AvgIpc) is 2.31. The molecule has 5 heteroatoms.